The van der Waals surface area contributed by atoms with Crippen molar-refractivity contribution in [1.82, 2.24) is 4.90 Å². The molecule has 118 valence electrons. The molecule has 2 rings (SSSR count). The number of rotatable bonds is 5. The number of benzene rings is 1. The molecule has 1 aliphatic rings. The number of hydrogen-bond acceptors (Lipinski definition) is 2. The van der Waals surface area contributed by atoms with Crippen LogP contribution in [0, 0.1) is 5.41 Å². The fraction of sp³-hybridized carbons (Fsp3) is 0.588. The van der Waals surface area contributed by atoms with Crippen molar-refractivity contribution in [2.45, 2.75) is 45.6 Å². The van der Waals surface area contributed by atoms with Crippen LogP contribution in [-0.4, -0.2) is 29.9 Å². The molecule has 1 aromatic rings. The van der Waals surface area contributed by atoms with E-state index in [0.29, 0.717) is 0 Å². The molecule has 0 aromatic heterocycles. The molecule has 1 aliphatic heterocycles. The molecule has 0 unspecified atom stereocenters. The van der Waals surface area contributed by atoms with Crippen LogP contribution in [0.4, 0.5) is 0 Å². The van der Waals surface area contributed by atoms with Crippen molar-refractivity contribution in [2.24, 2.45) is 11.1 Å². The van der Waals surface area contributed by atoms with Crippen molar-refractivity contribution in [3.8, 4) is 0 Å². The second-order valence-electron chi connectivity index (χ2n) is 6.52. The number of hydrogen-bond donors (Lipinski definition) is 1. The van der Waals surface area contributed by atoms with E-state index in [0.717, 1.165) is 38.8 Å². The summed E-state index contributed by atoms with van der Waals surface area (Å²) in [5.41, 5.74) is 6.96. The van der Waals surface area contributed by atoms with Gasteiger partial charge >= 0.3 is 0 Å². The van der Waals surface area contributed by atoms with Crippen molar-refractivity contribution in [2.75, 3.05) is 13.1 Å². The normalized spacial score (nSPS) is 18.4. The lowest BCUT2D eigenvalue weighted by Gasteiger charge is -2.29. The van der Waals surface area contributed by atoms with Gasteiger partial charge in [0.25, 0.3) is 0 Å². The number of nitrogens with zero attached hydrogens (tertiary/aromatic N) is 1. The van der Waals surface area contributed by atoms with Crippen LogP contribution in [-0.2, 0) is 11.2 Å². The molecule has 1 heterocycles. The van der Waals surface area contributed by atoms with Crippen molar-refractivity contribution < 1.29 is 4.79 Å². The van der Waals surface area contributed by atoms with Crippen molar-refractivity contribution in [1.29, 1.82) is 0 Å². The van der Waals surface area contributed by atoms with Crippen molar-refractivity contribution >= 4 is 18.3 Å². The fourth-order valence-electron chi connectivity index (χ4n) is 2.89. The Balaban J connectivity index is 0.00000220. The zero-order chi connectivity index (χ0) is 14.6. The van der Waals surface area contributed by atoms with Gasteiger partial charge in [-0.2, -0.15) is 0 Å². The molecule has 0 bridgehead atoms. The fourth-order valence-corrected chi connectivity index (χ4v) is 2.89. The first-order chi connectivity index (χ1) is 9.49. The first kappa shape index (κ1) is 18.0. The van der Waals surface area contributed by atoms with E-state index >= 15 is 0 Å². The van der Waals surface area contributed by atoms with Gasteiger partial charge in [-0.05, 0) is 31.2 Å². The van der Waals surface area contributed by atoms with E-state index in [4.69, 9.17) is 5.73 Å². The summed E-state index contributed by atoms with van der Waals surface area (Å²) < 4.78 is 0. The van der Waals surface area contributed by atoms with Gasteiger partial charge in [0, 0.05) is 24.5 Å². The molecular formula is C17H27ClN2O. The number of likely N-dealkylation sites (tertiary alicyclic amines) is 1. The molecule has 4 heteroatoms. The van der Waals surface area contributed by atoms with Gasteiger partial charge in [0.1, 0.15) is 0 Å². The molecule has 0 aliphatic carbocycles. The zero-order valence-corrected chi connectivity index (χ0v) is 13.9. The first-order valence-corrected chi connectivity index (χ1v) is 7.58. The lowest BCUT2D eigenvalue weighted by molar-refractivity contribution is -0.139. The summed E-state index contributed by atoms with van der Waals surface area (Å²) in [6.45, 7) is 5.66. The third-order valence-corrected chi connectivity index (χ3v) is 4.20. The Bertz CT molecular complexity index is 447. The maximum atomic E-state index is 12.5. The number of nitrogens with two attached hydrogens (primary N) is 1. The van der Waals surface area contributed by atoms with E-state index in [1.165, 1.54) is 5.56 Å². The van der Waals surface area contributed by atoms with Gasteiger partial charge in [-0.25, -0.2) is 0 Å². The van der Waals surface area contributed by atoms with E-state index in [1.54, 1.807) is 0 Å². The smallest absolute Gasteiger partial charge is 0.228 e. The van der Waals surface area contributed by atoms with Gasteiger partial charge in [0.15, 0.2) is 0 Å². The molecule has 0 spiro atoms. The highest BCUT2D eigenvalue weighted by molar-refractivity contribution is 5.85. The van der Waals surface area contributed by atoms with Crippen LogP contribution in [0.15, 0.2) is 30.3 Å². The van der Waals surface area contributed by atoms with Crippen molar-refractivity contribution in [3.63, 3.8) is 0 Å². The van der Waals surface area contributed by atoms with E-state index in [2.05, 4.69) is 38.1 Å². The van der Waals surface area contributed by atoms with Crippen LogP contribution in [0.5, 0.6) is 0 Å². The van der Waals surface area contributed by atoms with E-state index in [1.807, 2.05) is 11.0 Å². The lowest BCUT2D eigenvalue weighted by Crippen LogP contribution is -2.40. The Labute approximate surface area is 134 Å². The highest BCUT2D eigenvalue weighted by Gasteiger charge is 2.34. The highest BCUT2D eigenvalue weighted by Crippen LogP contribution is 2.28. The Morgan fingerprint density at radius 1 is 1.33 bits per heavy atom. The second-order valence-corrected chi connectivity index (χ2v) is 6.52. The Morgan fingerprint density at radius 3 is 2.57 bits per heavy atom. The van der Waals surface area contributed by atoms with Crippen LogP contribution in [0.2, 0.25) is 0 Å². The van der Waals surface area contributed by atoms with Crippen LogP contribution >= 0.6 is 12.4 Å². The first-order valence-electron chi connectivity index (χ1n) is 7.58. The largest absolute Gasteiger partial charge is 0.341 e. The minimum Gasteiger partial charge on any atom is -0.341 e. The van der Waals surface area contributed by atoms with Crippen molar-refractivity contribution in [3.05, 3.63) is 35.9 Å². The predicted molar refractivity (Wildman–Crippen MR) is 89.6 cm³/mol. The number of carbonyl (C=O) groups excluding carboxylic acids is 1. The molecule has 1 fully saturated rings. The molecule has 1 aromatic carbocycles. The summed E-state index contributed by atoms with van der Waals surface area (Å²) >= 11 is 0. The Kier molecular flexibility index (Phi) is 6.69. The number of carbonyl (C=O) groups is 1. The minimum atomic E-state index is -0.279. The standard InChI is InChI=1S/C17H26N2O.ClH/c1-17(2,16(20)19-12-10-15(18)13-19)11-6-9-14-7-4-3-5-8-14;/h3-5,7-8,15H,6,9-13,18H2,1-2H3;1H/t15-;/m1./s1. The van der Waals surface area contributed by atoms with Gasteiger partial charge in [-0.15, -0.1) is 12.4 Å². The molecule has 1 atom stereocenters. The van der Waals surface area contributed by atoms with E-state index in [-0.39, 0.29) is 29.8 Å². The Hall–Kier alpha value is -1.06. The summed E-state index contributed by atoms with van der Waals surface area (Å²) in [5, 5.41) is 0. The topological polar surface area (TPSA) is 46.3 Å². The zero-order valence-electron chi connectivity index (χ0n) is 13.0. The lowest BCUT2D eigenvalue weighted by atomic mass is 9.85. The van der Waals surface area contributed by atoms with Crippen LogP contribution < -0.4 is 5.73 Å². The molecule has 21 heavy (non-hydrogen) atoms. The summed E-state index contributed by atoms with van der Waals surface area (Å²) in [7, 11) is 0. The van der Waals surface area contributed by atoms with E-state index in [9.17, 15) is 4.79 Å². The molecule has 1 saturated heterocycles. The minimum absolute atomic E-state index is 0. The summed E-state index contributed by atoms with van der Waals surface area (Å²) in [4.78, 5) is 14.5. The summed E-state index contributed by atoms with van der Waals surface area (Å²) in [6.07, 6.45) is 3.94. The average molecular weight is 311 g/mol. The molecule has 0 saturated carbocycles. The molecule has 0 radical (unpaired) electrons. The Morgan fingerprint density at radius 2 is 2.00 bits per heavy atom. The SMILES string of the molecule is CC(C)(CCCc1ccccc1)C(=O)N1CC[C@@H](N)C1.Cl. The molecule has 1 amide bonds. The molecular weight excluding hydrogens is 284 g/mol. The third kappa shape index (κ3) is 5.01. The number of aryl methyl sites for hydroxylation is 1. The van der Waals surface area contributed by atoms with Gasteiger partial charge < -0.3 is 10.6 Å². The van der Waals surface area contributed by atoms with Crippen LogP contribution in [0.1, 0.15) is 38.7 Å². The van der Waals surface area contributed by atoms with Gasteiger partial charge in [-0.1, -0.05) is 44.2 Å². The maximum absolute atomic E-state index is 12.5. The van der Waals surface area contributed by atoms with Gasteiger partial charge in [-0.3, -0.25) is 4.79 Å². The van der Waals surface area contributed by atoms with Gasteiger partial charge in [0.2, 0.25) is 5.91 Å². The van der Waals surface area contributed by atoms with Gasteiger partial charge in [0.05, 0.1) is 0 Å². The average Bonchev–Trinajstić information content (AvgIpc) is 2.85. The quantitative estimate of drug-likeness (QED) is 0.908. The maximum Gasteiger partial charge on any atom is 0.228 e. The summed E-state index contributed by atoms with van der Waals surface area (Å²) in [6, 6.07) is 10.6. The molecule has 3 nitrogen and oxygen atoms in total. The predicted octanol–water partition coefficient (Wildman–Crippen LogP) is 3.02. The third-order valence-electron chi connectivity index (χ3n) is 4.20. The molecule has 2 N–H and O–H groups in total. The second kappa shape index (κ2) is 7.81. The monoisotopic (exact) mass is 310 g/mol. The highest BCUT2D eigenvalue weighted by atomic mass is 35.5. The van der Waals surface area contributed by atoms with Crippen LogP contribution in [0.3, 0.4) is 0 Å². The van der Waals surface area contributed by atoms with E-state index < -0.39 is 0 Å². The van der Waals surface area contributed by atoms with Crippen LogP contribution in [0.25, 0.3) is 0 Å². The number of amides is 1. The number of halogens is 1. The summed E-state index contributed by atoms with van der Waals surface area (Å²) in [5.74, 6) is 0.263.